The van der Waals surface area contributed by atoms with Gasteiger partial charge in [-0.3, -0.25) is 0 Å². The van der Waals surface area contributed by atoms with Gasteiger partial charge in [0.1, 0.15) is 5.82 Å². The summed E-state index contributed by atoms with van der Waals surface area (Å²) in [7, 11) is 0. The number of halogens is 2. The van der Waals surface area contributed by atoms with Gasteiger partial charge in [0.05, 0.1) is 6.61 Å². The normalized spacial score (nSPS) is 23.9. The van der Waals surface area contributed by atoms with Gasteiger partial charge in [-0.15, -0.1) is 0 Å². The number of ether oxygens (including phenoxy) is 1. The lowest BCUT2D eigenvalue weighted by atomic mass is 10.0. The zero-order chi connectivity index (χ0) is 12.3. The Morgan fingerprint density at radius 1 is 1.29 bits per heavy atom. The molecule has 0 radical (unpaired) electrons. The monoisotopic (exact) mass is 241 g/mol. The van der Waals surface area contributed by atoms with Gasteiger partial charge in [-0.1, -0.05) is 6.42 Å². The van der Waals surface area contributed by atoms with Crippen molar-refractivity contribution in [3.05, 3.63) is 29.8 Å². The van der Waals surface area contributed by atoms with Crippen molar-refractivity contribution < 1.29 is 13.5 Å². The van der Waals surface area contributed by atoms with Crippen molar-refractivity contribution in [3.63, 3.8) is 0 Å². The third-order valence-corrected chi connectivity index (χ3v) is 3.36. The summed E-state index contributed by atoms with van der Waals surface area (Å²) in [4.78, 5) is 0. The second kappa shape index (κ2) is 5.45. The first-order valence-corrected chi connectivity index (χ1v) is 6.00. The Morgan fingerprint density at radius 2 is 2.12 bits per heavy atom. The minimum atomic E-state index is -0.652. The van der Waals surface area contributed by atoms with E-state index < -0.39 is 11.6 Å². The van der Waals surface area contributed by atoms with Crippen molar-refractivity contribution in [2.75, 3.05) is 6.61 Å². The summed E-state index contributed by atoms with van der Waals surface area (Å²) in [6, 6.07) is 3.59. The molecule has 94 valence electrons. The van der Waals surface area contributed by atoms with Crippen LogP contribution in [0.1, 0.15) is 25.7 Å². The summed E-state index contributed by atoms with van der Waals surface area (Å²) in [5.74, 6) is -0.662. The first kappa shape index (κ1) is 12.3. The van der Waals surface area contributed by atoms with E-state index in [1.54, 1.807) is 0 Å². The van der Waals surface area contributed by atoms with Gasteiger partial charge in [0, 0.05) is 12.1 Å². The molecular weight excluding hydrogens is 224 g/mol. The molecule has 0 saturated heterocycles. The van der Waals surface area contributed by atoms with Crippen LogP contribution in [0.4, 0.5) is 8.78 Å². The number of hydrogen-bond donors (Lipinski definition) is 1. The van der Waals surface area contributed by atoms with Crippen molar-refractivity contribution in [1.29, 1.82) is 0 Å². The lowest BCUT2D eigenvalue weighted by Crippen LogP contribution is -2.25. The van der Waals surface area contributed by atoms with E-state index in [1.807, 2.05) is 0 Å². The van der Waals surface area contributed by atoms with Crippen LogP contribution in [0.25, 0.3) is 0 Å². The largest absolute Gasteiger partial charge is 0.491 e. The van der Waals surface area contributed by atoms with Gasteiger partial charge in [-0.05, 0) is 37.3 Å². The van der Waals surface area contributed by atoms with Crippen molar-refractivity contribution in [2.45, 2.75) is 31.7 Å². The molecule has 1 fully saturated rings. The highest BCUT2D eigenvalue weighted by Crippen LogP contribution is 2.27. The molecule has 2 unspecified atom stereocenters. The van der Waals surface area contributed by atoms with E-state index in [9.17, 15) is 8.78 Å². The van der Waals surface area contributed by atoms with Crippen molar-refractivity contribution in [1.82, 2.24) is 0 Å². The second-order valence-corrected chi connectivity index (χ2v) is 4.57. The van der Waals surface area contributed by atoms with Gasteiger partial charge in [0.15, 0.2) is 11.6 Å². The number of hydrogen-bond acceptors (Lipinski definition) is 2. The van der Waals surface area contributed by atoms with Crippen LogP contribution in [-0.4, -0.2) is 12.6 Å². The summed E-state index contributed by atoms with van der Waals surface area (Å²) >= 11 is 0. The zero-order valence-electron chi connectivity index (χ0n) is 9.66. The average Bonchev–Trinajstić information content (AvgIpc) is 2.68. The molecule has 0 bridgehead atoms. The molecule has 1 aliphatic carbocycles. The van der Waals surface area contributed by atoms with Crippen LogP contribution >= 0.6 is 0 Å². The van der Waals surface area contributed by atoms with Crippen molar-refractivity contribution in [2.24, 2.45) is 11.7 Å². The number of rotatable bonds is 4. The smallest absolute Gasteiger partial charge is 0.167 e. The minimum absolute atomic E-state index is 0.109. The van der Waals surface area contributed by atoms with Crippen LogP contribution in [0, 0.1) is 17.6 Å². The molecule has 0 aliphatic heterocycles. The molecule has 17 heavy (non-hydrogen) atoms. The maximum atomic E-state index is 13.2. The fraction of sp³-hybridized carbons (Fsp3) is 0.538. The molecule has 0 heterocycles. The summed E-state index contributed by atoms with van der Waals surface area (Å²) in [5, 5.41) is 0. The summed E-state index contributed by atoms with van der Waals surface area (Å²) in [6.45, 7) is 0.431. The minimum Gasteiger partial charge on any atom is -0.491 e. The van der Waals surface area contributed by atoms with Crippen molar-refractivity contribution in [3.8, 4) is 5.75 Å². The van der Waals surface area contributed by atoms with Gasteiger partial charge in [-0.25, -0.2) is 8.78 Å². The van der Waals surface area contributed by atoms with Gasteiger partial charge in [0.25, 0.3) is 0 Å². The molecule has 1 aromatic rings. The van der Waals surface area contributed by atoms with Crippen LogP contribution < -0.4 is 10.5 Å². The first-order valence-electron chi connectivity index (χ1n) is 6.00. The Kier molecular flexibility index (Phi) is 3.94. The second-order valence-electron chi connectivity index (χ2n) is 4.57. The summed E-state index contributed by atoms with van der Waals surface area (Å²) < 4.78 is 31.2. The average molecular weight is 241 g/mol. The predicted octanol–water partition coefficient (Wildman–Crippen LogP) is 2.86. The van der Waals surface area contributed by atoms with Crippen LogP contribution in [0.2, 0.25) is 0 Å². The molecule has 4 heteroatoms. The molecule has 2 rings (SSSR count). The Balaban J connectivity index is 1.81. The van der Waals surface area contributed by atoms with E-state index in [-0.39, 0.29) is 11.8 Å². The van der Waals surface area contributed by atoms with E-state index in [0.717, 1.165) is 31.7 Å². The number of nitrogens with two attached hydrogens (primary N) is 1. The zero-order valence-corrected chi connectivity index (χ0v) is 9.66. The van der Waals surface area contributed by atoms with E-state index in [0.29, 0.717) is 12.5 Å². The standard InChI is InChI=1S/C13H17F2NO/c14-10-4-5-13(11(15)8-10)17-7-6-9-2-1-3-12(9)16/h4-5,8-9,12H,1-3,6-7,16H2. The Bertz CT molecular complexity index is 384. The van der Waals surface area contributed by atoms with E-state index >= 15 is 0 Å². The van der Waals surface area contributed by atoms with Gasteiger partial charge in [-0.2, -0.15) is 0 Å². The fourth-order valence-corrected chi connectivity index (χ4v) is 2.34. The highest BCUT2D eigenvalue weighted by Gasteiger charge is 2.23. The van der Waals surface area contributed by atoms with Crippen LogP contribution in [-0.2, 0) is 0 Å². The molecule has 1 aliphatic rings. The molecule has 0 amide bonds. The molecule has 2 atom stereocenters. The van der Waals surface area contributed by atoms with E-state index in [1.165, 1.54) is 12.1 Å². The molecule has 1 aromatic carbocycles. The maximum absolute atomic E-state index is 13.2. The highest BCUT2D eigenvalue weighted by molar-refractivity contribution is 5.24. The molecule has 2 N–H and O–H groups in total. The summed E-state index contributed by atoms with van der Waals surface area (Å²) in [6.07, 6.45) is 4.18. The third kappa shape index (κ3) is 3.16. The fourth-order valence-electron chi connectivity index (χ4n) is 2.34. The van der Waals surface area contributed by atoms with Gasteiger partial charge in [0.2, 0.25) is 0 Å². The topological polar surface area (TPSA) is 35.2 Å². The lowest BCUT2D eigenvalue weighted by Gasteiger charge is -2.15. The lowest BCUT2D eigenvalue weighted by molar-refractivity contribution is 0.260. The Hall–Kier alpha value is -1.16. The summed E-state index contributed by atoms with van der Waals surface area (Å²) in [5.41, 5.74) is 5.93. The molecular formula is C13H17F2NO. The van der Waals surface area contributed by atoms with Crippen LogP contribution in [0.3, 0.4) is 0 Å². The Morgan fingerprint density at radius 3 is 2.76 bits per heavy atom. The molecule has 0 aromatic heterocycles. The first-order chi connectivity index (χ1) is 8.16. The Labute approximate surface area is 99.8 Å². The highest BCUT2D eigenvalue weighted by atomic mass is 19.1. The van der Waals surface area contributed by atoms with E-state index in [4.69, 9.17) is 10.5 Å². The SMILES string of the molecule is NC1CCCC1CCOc1ccc(F)cc1F. The van der Waals surface area contributed by atoms with Crippen LogP contribution in [0.15, 0.2) is 18.2 Å². The predicted molar refractivity (Wildman–Crippen MR) is 61.8 cm³/mol. The van der Waals surface area contributed by atoms with E-state index in [2.05, 4.69) is 0 Å². The van der Waals surface area contributed by atoms with Gasteiger partial charge < -0.3 is 10.5 Å². The third-order valence-electron chi connectivity index (χ3n) is 3.36. The van der Waals surface area contributed by atoms with Crippen molar-refractivity contribution >= 4 is 0 Å². The molecule has 1 saturated carbocycles. The number of benzene rings is 1. The van der Waals surface area contributed by atoms with Crippen LogP contribution in [0.5, 0.6) is 5.75 Å². The molecule has 0 spiro atoms. The maximum Gasteiger partial charge on any atom is 0.167 e. The quantitative estimate of drug-likeness (QED) is 0.879. The van der Waals surface area contributed by atoms with Gasteiger partial charge >= 0.3 is 0 Å². The molecule has 2 nitrogen and oxygen atoms in total.